The molecule has 0 unspecified atom stereocenters. The minimum atomic E-state index is -4.53. The molecule has 0 bridgehead atoms. The van der Waals surface area contributed by atoms with Gasteiger partial charge in [-0.05, 0) is 19.4 Å². The first-order valence-electron chi connectivity index (χ1n) is 7.42. The van der Waals surface area contributed by atoms with E-state index in [1.807, 2.05) is 0 Å². The summed E-state index contributed by atoms with van der Waals surface area (Å²) in [6.07, 6.45) is -3.78. The number of hydrogen-bond acceptors (Lipinski definition) is 6. The van der Waals surface area contributed by atoms with Gasteiger partial charge in [-0.1, -0.05) is 5.16 Å². The number of anilines is 1. The van der Waals surface area contributed by atoms with E-state index in [9.17, 15) is 13.2 Å². The molecule has 0 amide bonds. The summed E-state index contributed by atoms with van der Waals surface area (Å²) in [5.74, 6) is 0.186. The third-order valence-corrected chi connectivity index (χ3v) is 4.38. The van der Waals surface area contributed by atoms with Crippen molar-refractivity contribution in [3.8, 4) is 0 Å². The number of hydrogen-bond donors (Lipinski definition) is 0. The summed E-state index contributed by atoms with van der Waals surface area (Å²) in [6, 6.07) is 1.05. The van der Waals surface area contributed by atoms with Crippen molar-refractivity contribution < 1.29 is 27.2 Å². The number of methoxy groups -OCH3 is 2. The number of fused-ring (bicyclic) bond motifs is 1. The lowest BCUT2D eigenvalue weighted by Gasteiger charge is -2.52. The van der Waals surface area contributed by atoms with Crippen LogP contribution in [0.4, 0.5) is 19.0 Å². The van der Waals surface area contributed by atoms with Crippen molar-refractivity contribution in [1.82, 2.24) is 10.1 Å². The summed E-state index contributed by atoms with van der Waals surface area (Å²) >= 11 is 0. The monoisotopic (exact) mass is 345 g/mol. The van der Waals surface area contributed by atoms with E-state index in [2.05, 4.69) is 10.1 Å². The van der Waals surface area contributed by atoms with Crippen LogP contribution in [-0.2, 0) is 15.7 Å². The molecular weight excluding hydrogens is 327 g/mol. The summed E-state index contributed by atoms with van der Waals surface area (Å²) < 4.78 is 55.8. The Hall–Kier alpha value is -1.87. The maximum Gasteiger partial charge on any atom is 0.417 e. The number of alkyl halides is 3. The van der Waals surface area contributed by atoms with E-state index in [-0.39, 0.29) is 22.6 Å². The Labute approximate surface area is 136 Å². The highest BCUT2D eigenvalue weighted by Gasteiger charge is 2.47. The van der Waals surface area contributed by atoms with Crippen LogP contribution < -0.4 is 4.90 Å². The lowest BCUT2D eigenvalue weighted by atomic mass is 9.85. The van der Waals surface area contributed by atoms with Gasteiger partial charge in [0.1, 0.15) is 5.82 Å². The molecule has 0 N–H and O–H groups in total. The minimum absolute atomic E-state index is 0.101. The minimum Gasteiger partial charge on any atom is -0.382 e. The smallest absolute Gasteiger partial charge is 0.382 e. The highest BCUT2D eigenvalue weighted by molar-refractivity contribution is 5.82. The van der Waals surface area contributed by atoms with E-state index in [1.54, 1.807) is 19.1 Å². The van der Waals surface area contributed by atoms with Crippen LogP contribution >= 0.6 is 0 Å². The Morgan fingerprint density at radius 2 is 1.96 bits per heavy atom. The van der Waals surface area contributed by atoms with E-state index in [4.69, 9.17) is 14.0 Å². The molecule has 0 aromatic carbocycles. The molecule has 0 aliphatic carbocycles. The SMILES string of the molecule is COCC1(COC)CCN1c1cc(C(F)(F)F)c2c(C)noc2n1. The molecule has 3 heterocycles. The third-order valence-electron chi connectivity index (χ3n) is 4.38. The second-order valence-corrected chi connectivity index (χ2v) is 5.97. The van der Waals surface area contributed by atoms with Gasteiger partial charge in [-0.15, -0.1) is 0 Å². The molecule has 0 radical (unpaired) electrons. The largest absolute Gasteiger partial charge is 0.417 e. The van der Waals surface area contributed by atoms with Crippen LogP contribution in [-0.4, -0.2) is 49.7 Å². The Bertz CT molecular complexity index is 739. The van der Waals surface area contributed by atoms with Gasteiger partial charge in [-0.2, -0.15) is 18.2 Å². The molecular formula is C15H18F3N3O3. The quantitative estimate of drug-likeness (QED) is 0.830. The predicted octanol–water partition coefficient (Wildman–Crippen LogP) is 2.79. The Morgan fingerprint density at radius 1 is 1.29 bits per heavy atom. The molecule has 0 saturated carbocycles. The fourth-order valence-corrected chi connectivity index (χ4v) is 3.22. The number of aromatic nitrogens is 2. The Kier molecular flexibility index (Phi) is 4.16. The number of halogens is 3. The van der Waals surface area contributed by atoms with Gasteiger partial charge in [0, 0.05) is 20.8 Å². The van der Waals surface area contributed by atoms with Gasteiger partial charge in [0.05, 0.1) is 35.4 Å². The summed E-state index contributed by atoms with van der Waals surface area (Å²) in [5, 5.41) is 3.52. The fourth-order valence-electron chi connectivity index (χ4n) is 3.22. The molecule has 1 fully saturated rings. The highest BCUT2D eigenvalue weighted by Crippen LogP contribution is 2.41. The second-order valence-electron chi connectivity index (χ2n) is 5.97. The van der Waals surface area contributed by atoms with Crippen molar-refractivity contribution in [3.05, 3.63) is 17.3 Å². The van der Waals surface area contributed by atoms with Crippen molar-refractivity contribution in [2.45, 2.75) is 25.1 Å². The highest BCUT2D eigenvalue weighted by atomic mass is 19.4. The zero-order valence-corrected chi connectivity index (χ0v) is 13.6. The third kappa shape index (κ3) is 2.61. The van der Waals surface area contributed by atoms with Crippen LogP contribution in [0, 0.1) is 6.92 Å². The van der Waals surface area contributed by atoms with Gasteiger partial charge < -0.3 is 18.9 Å². The normalized spacial score (nSPS) is 17.3. The number of aryl methyl sites for hydroxylation is 1. The Morgan fingerprint density at radius 3 is 2.46 bits per heavy atom. The first-order valence-corrected chi connectivity index (χ1v) is 7.42. The zero-order chi connectivity index (χ0) is 17.5. The van der Waals surface area contributed by atoms with Gasteiger partial charge in [0.2, 0.25) is 0 Å². The van der Waals surface area contributed by atoms with E-state index < -0.39 is 17.3 Å². The molecule has 1 aliphatic heterocycles. The number of nitrogens with zero attached hydrogens (tertiary/aromatic N) is 3. The predicted molar refractivity (Wildman–Crippen MR) is 80.0 cm³/mol. The molecule has 9 heteroatoms. The average Bonchev–Trinajstić information content (AvgIpc) is 2.85. The topological polar surface area (TPSA) is 60.6 Å². The van der Waals surface area contributed by atoms with Gasteiger partial charge in [-0.25, -0.2) is 0 Å². The molecule has 3 rings (SSSR count). The van der Waals surface area contributed by atoms with E-state index in [0.29, 0.717) is 19.8 Å². The molecule has 1 aliphatic rings. The van der Waals surface area contributed by atoms with E-state index >= 15 is 0 Å². The molecule has 0 spiro atoms. The standard InChI is InChI=1S/C15H18F3N3O3/c1-9-12-10(15(16,17)18)6-11(19-13(12)24-20-9)21-5-4-14(21,7-22-2)8-23-3/h6H,4-5,7-8H2,1-3H3. The second kappa shape index (κ2) is 5.89. The molecule has 1 saturated heterocycles. The number of ether oxygens (including phenoxy) is 2. The molecule has 2 aromatic rings. The van der Waals surface area contributed by atoms with Gasteiger partial charge in [0.15, 0.2) is 0 Å². The molecule has 6 nitrogen and oxygen atoms in total. The van der Waals surface area contributed by atoms with Crippen molar-refractivity contribution in [2.24, 2.45) is 0 Å². The van der Waals surface area contributed by atoms with Crippen molar-refractivity contribution in [2.75, 3.05) is 38.9 Å². The zero-order valence-electron chi connectivity index (χ0n) is 13.6. The molecule has 24 heavy (non-hydrogen) atoms. The molecule has 0 atom stereocenters. The average molecular weight is 345 g/mol. The summed E-state index contributed by atoms with van der Waals surface area (Å²) in [5.41, 5.74) is -1.27. The van der Waals surface area contributed by atoms with Crippen molar-refractivity contribution in [1.29, 1.82) is 0 Å². The van der Waals surface area contributed by atoms with Gasteiger partial charge >= 0.3 is 6.18 Å². The van der Waals surface area contributed by atoms with Gasteiger partial charge in [0.25, 0.3) is 5.71 Å². The van der Waals surface area contributed by atoms with Crippen molar-refractivity contribution in [3.63, 3.8) is 0 Å². The van der Waals surface area contributed by atoms with Crippen LogP contribution in [0.2, 0.25) is 0 Å². The van der Waals surface area contributed by atoms with Crippen LogP contribution in [0.25, 0.3) is 11.1 Å². The lowest BCUT2D eigenvalue weighted by Crippen LogP contribution is -2.65. The summed E-state index contributed by atoms with van der Waals surface area (Å²) in [7, 11) is 3.09. The molecule has 132 valence electrons. The molecule has 2 aromatic heterocycles. The first-order chi connectivity index (χ1) is 11.3. The summed E-state index contributed by atoms with van der Waals surface area (Å²) in [4.78, 5) is 6.01. The van der Waals surface area contributed by atoms with Gasteiger partial charge in [-0.3, -0.25) is 0 Å². The van der Waals surface area contributed by atoms with Crippen LogP contribution in [0.3, 0.4) is 0 Å². The van der Waals surface area contributed by atoms with Crippen LogP contribution in [0.5, 0.6) is 0 Å². The number of rotatable bonds is 5. The maximum atomic E-state index is 13.5. The Balaban J connectivity index is 2.10. The van der Waals surface area contributed by atoms with E-state index in [0.717, 1.165) is 12.5 Å². The van der Waals surface area contributed by atoms with E-state index in [1.165, 1.54) is 6.92 Å². The van der Waals surface area contributed by atoms with Crippen molar-refractivity contribution >= 4 is 16.9 Å². The summed E-state index contributed by atoms with van der Waals surface area (Å²) in [6.45, 7) is 2.69. The van der Waals surface area contributed by atoms with Crippen LogP contribution in [0.1, 0.15) is 17.7 Å². The lowest BCUT2D eigenvalue weighted by molar-refractivity contribution is -0.136. The first kappa shape index (κ1) is 17.0. The fraction of sp³-hybridized carbons (Fsp3) is 0.600. The number of pyridine rings is 1. The maximum absolute atomic E-state index is 13.5. The van der Waals surface area contributed by atoms with Crippen LogP contribution in [0.15, 0.2) is 10.6 Å².